The molecular formula is C10H16N2O2. The van der Waals surface area contributed by atoms with Gasteiger partial charge < -0.3 is 14.9 Å². The van der Waals surface area contributed by atoms with Crippen molar-refractivity contribution in [1.29, 1.82) is 0 Å². The van der Waals surface area contributed by atoms with Gasteiger partial charge in [0, 0.05) is 6.42 Å². The highest BCUT2D eigenvalue weighted by Gasteiger charge is 2.38. The van der Waals surface area contributed by atoms with E-state index in [-0.39, 0.29) is 12.1 Å². The van der Waals surface area contributed by atoms with Crippen molar-refractivity contribution in [2.24, 2.45) is 0 Å². The van der Waals surface area contributed by atoms with Crippen LogP contribution in [-0.4, -0.2) is 23.8 Å². The lowest BCUT2D eigenvalue weighted by Crippen LogP contribution is -2.50. The highest BCUT2D eigenvalue weighted by atomic mass is 16.6. The number of rotatable bonds is 1. The summed E-state index contributed by atoms with van der Waals surface area (Å²) in [4.78, 5) is 14.7. The zero-order valence-corrected chi connectivity index (χ0v) is 8.83. The van der Waals surface area contributed by atoms with Crippen LogP contribution in [0.25, 0.3) is 4.85 Å². The van der Waals surface area contributed by atoms with E-state index in [1.165, 1.54) is 0 Å². The molecule has 0 saturated heterocycles. The van der Waals surface area contributed by atoms with Gasteiger partial charge in [-0.3, -0.25) is 0 Å². The first-order valence-electron chi connectivity index (χ1n) is 4.78. The topological polar surface area (TPSA) is 42.7 Å². The third-order valence-corrected chi connectivity index (χ3v) is 2.11. The Morgan fingerprint density at radius 3 is 2.50 bits per heavy atom. The number of nitrogens with zero attached hydrogens (tertiary/aromatic N) is 1. The first-order valence-corrected chi connectivity index (χ1v) is 4.78. The number of carbonyl (C=O) groups is 1. The standard InChI is InChI=1S/C10H16N2O2/c1-10(2,3)14-9(13)12-8-6-5-7(8)11-4/h7-8H,5-6H2,1-3H3,(H,12,13)/t7-,8-/m0/s1. The second kappa shape index (κ2) is 3.87. The number of hydrogen-bond acceptors (Lipinski definition) is 2. The highest BCUT2D eigenvalue weighted by molar-refractivity contribution is 5.68. The second-order valence-electron chi connectivity index (χ2n) is 4.53. The van der Waals surface area contributed by atoms with Gasteiger partial charge in [0.25, 0.3) is 0 Å². The molecule has 0 aromatic carbocycles. The number of carbonyl (C=O) groups excluding carboxylic acids is 1. The van der Waals surface area contributed by atoms with E-state index in [1.54, 1.807) is 0 Å². The van der Waals surface area contributed by atoms with E-state index >= 15 is 0 Å². The van der Waals surface area contributed by atoms with E-state index in [0.29, 0.717) is 0 Å². The number of nitrogens with one attached hydrogen (secondary N) is 1. The van der Waals surface area contributed by atoms with Crippen molar-refractivity contribution in [3.8, 4) is 0 Å². The molecular weight excluding hydrogens is 180 g/mol. The Morgan fingerprint density at radius 2 is 2.14 bits per heavy atom. The molecule has 0 radical (unpaired) electrons. The van der Waals surface area contributed by atoms with Gasteiger partial charge in [0.15, 0.2) is 0 Å². The van der Waals surface area contributed by atoms with Gasteiger partial charge in [-0.2, -0.15) is 0 Å². The van der Waals surface area contributed by atoms with Crippen LogP contribution in [0.2, 0.25) is 0 Å². The Morgan fingerprint density at radius 1 is 1.50 bits per heavy atom. The van der Waals surface area contributed by atoms with Crippen molar-refractivity contribution in [2.75, 3.05) is 0 Å². The van der Waals surface area contributed by atoms with Gasteiger partial charge in [-0.05, 0) is 27.2 Å². The van der Waals surface area contributed by atoms with Crippen molar-refractivity contribution in [3.63, 3.8) is 0 Å². The molecule has 0 aromatic rings. The van der Waals surface area contributed by atoms with E-state index in [2.05, 4.69) is 10.2 Å². The highest BCUT2D eigenvalue weighted by Crippen LogP contribution is 2.23. The van der Waals surface area contributed by atoms with Gasteiger partial charge in [-0.25, -0.2) is 11.4 Å². The predicted molar refractivity (Wildman–Crippen MR) is 52.8 cm³/mol. The van der Waals surface area contributed by atoms with Crippen LogP contribution >= 0.6 is 0 Å². The van der Waals surface area contributed by atoms with Crippen LogP contribution in [0.5, 0.6) is 0 Å². The minimum absolute atomic E-state index is 0.0117. The molecule has 1 fully saturated rings. The fourth-order valence-electron chi connectivity index (χ4n) is 1.26. The fraction of sp³-hybridized carbons (Fsp3) is 0.800. The smallest absolute Gasteiger partial charge is 0.408 e. The van der Waals surface area contributed by atoms with Gasteiger partial charge in [0.1, 0.15) is 11.6 Å². The number of alkyl carbamates (subject to hydrolysis) is 1. The Balaban J connectivity index is 2.32. The van der Waals surface area contributed by atoms with Crippen LogP contribution in [0.15, 0.2) is 0 Å². The largest absolute Gasteiger partial charge is 0.444 e. The summed E-state index contributed by atoms with van der Waals surface area (Å²) in [6, 6.07) is -0.0649. The molecule has 1 aliphatic carbocycles. The monoisotopic (exact) mass is 196 g/mol. The quantitative estimate of drug-likeness (QED) is 0.651. The summed E-state index contributed by atoms with van der Waals surface area (Å²) >= 11 is 0. The third kappa shape index (κ3) is 2.91. The van der Waals surface area contributed by atoms with Crippen molar-refractivity contribution in [2.45, 2.75) is 51.3 Å². The molecule has 0 aromatic heterocycles. The maximum atomic E-state index is 11.3. The van der Waals surface area contributed by atoms with Crippen molar-refractivity contribution in [1.82, 2.24) is 5.32 Å². The summed E-state index contributed by atoms with van der Waals surface area (Å²) in [6.45, 7) is 12.3. The third-order valence-electron chi connectivity index (χ3n) is 2.11. The SMILES string of the molecule is [C-]#[N+][C@H]1CC[C@@H]1NC(=O)OC(C)(C)C. The molecule has 0 heterocycles. The molecule has 0 spiro atoms. The molecule has 14 heavy (non-hydrogen) atoms. The zero-order valence-electron chi connectivity index (χ0n) is 8.83. The molecule has 1 rings (SSSR count). The van der Waals surface area contributed by atoms with Gasteiger partial charge >= 0.3 is 6.09 Å². The van der Waals surface area contributed by atoms with E-state index in [9.17, 15) is 4.79 Å². The number of ether oxygens (including phenoxy) is 1. The molecule has 4 heteroatoms. The first kappa shape index (κ1) is 10.8. The van der Waals surface area contributed by atoms with Crippen molar-refractivity contribution < 1.29 is 9.53 Å². The zero-order chi connectivity index (χ0) is 10.8. The molecule has 0 aliphatic heterocycles. The Labute approximate surface area is 84.4 Å². The average Bonchev–Trinajstić information content (AvgIpc) is 1.96. The molecule has 2 atom stereocenters. The van der Waals surface area contributed by atoms with Crippen molar-refractivity contribution >= 4 is 6.09 Å². The van der Waals surface area contributed by atoms with E-state index in [0.717, 1.165) is 12.8 Å². The Bertz CT molecular complexity index is 262. The van der Waals surface area contributed by atoms with Gasteiger partial charge in [-0.1, -0.05) is 0 Å². The van der Waals surface area contributed by atoms with E-state index in [4.69, 9.17) is 11.3 Å². The summed E-state index contributed by atoms with van der Waals surface area (Å²) in [6.07, 6.45) is 1.34. The molecule has 78 valence electrons. The lowest BCUT2D eigenvalue weighted by Gasteiger charge is -2.29. The molecule has 0 unspecified atom stereocenters. The molecule has 1 aliphatic rings. The predicted octanol–water partition coefficient (Wildman–Crippen LogP) is 1.96. The van der Waals surface area contributed by atoms with Crippen LogP contribution in [-0.2, 0) is 4.74 Å². The summed E-state index contributed by atoms with van der Waals surface area (Å²) in [5.41, 5.74) is -0.471. The molecule has 0 bridgehead atoms. The van der Waals surface area contributed by atoms with Crippen molar-refractivity contribution in [3.05, 3.63) is 11.4 Å². The second-order valence-corrected chi connectivity index (χ2v) is 4.53. The normalized spacial score (nSPS) is 25.9. The Kier molecular flexibility index (Phi) is 3.00. The Hall–Kier alpha value is -1.24. The molecule has 1 saturated carbocycles. The van der Waals surface area contributed by atoms with Gasteiger partial charge in [0.2, 0.25) is 6.04 Å². The molecule has 4 nitrogen and oxygen atoms in total. The minimum Gasteiger partial charge on any atom is -0.444 e. The molecule has 1 amide bonds. The lowest BCUT2D eigenvalue weighted by molar-refractivity contribution is 0.0475. The number of amides is 1. The van der Waals surface area contributed by atoms with Crippen LogP contribution in [0, 0.1) is 6.57 Å². The maximum Gasteiger partial charge on any atom is 0.408 e. The summed E-state index contributed by atoms with van der Waals surface area (Å²) in [7, 11) is 0. The van der Waals surface area contributed by atoms with Crippen LogP contribution in [0.3, 0.4) is 0 Å². The maximum absolute atomic E-state index is 11.3. The fourth-order valence-corrected chi connectivity index (χ4v) is 1.26. The molecule has 1 N–H and O–H groups in total. The lowest BCUT2D eigenvalue weighted by atomic mass is 9.87. The van der Waals surface area contributed by atoms with Crippen LogP contribution < -0.4 is 5.32 Å². The average molecular weight is 196 g/mol. The number of hydrogen-bond donors (Lipinski definition) is 1. The minimum atomic E-state index is -0.471. The van der Waals surface area contributed by atoms with Gasteiger partial charge in [0.05, 0.1) is 0 Å². The van der Waals surface area contributed by atoms with Crippen LogP contribution in [0.1, 0.15) is 33.6 Å². The first-order chi connectivity index (χ1) is 6.42. The summed E-state index contributed by atoms with van der Waals surface area (Å²) in [5.74, 6) is 0. The van der Waals surface area contributed by atoms with E-state index in [1.807, 2.05) is 20.8 Å². The van der Waals surface area contributed by atoms with Crippen LogP contribution in [0.4, 0.5) is 4.79 Å². The summed E-state index contributed by atoms with van der Waals surface area (Å²) < 4.78 is 5.08. The van der Waals surface area contributed by atoms with Gasteiger partial charge in [-0.15, -0.1) is 0 Å². The summed E-state index contributed by atoms with van der Waals surface area (Å²) in [5, 5.41) is 2.70. The van der Waals surface area contributed by atoms with E-state index < -0.39 is 11.7 Å².